The van der Waals surface area contributed by atoms with E-state index in [2.05, 4.69) is 5.32 Å². The van der Waals surface area contributed by atoms with Gasteiger partial charge in [0.25, 0.3) is 0 Å². The van der Waals surface area contributed by atoms with Crippen molar-refractivity contribution in [2.45, 2.75) is 27.7 Å². The molecule has 0 heterocycles. The second-order valence-electron chi connectivity index (χ2n) is 4.82. The van der Waals surface area contributed by atoms with E-state index in [0.717, 1.165) is 0 Å². The van der Waals surface area contributed by atoms with Crippen LogP contribution in [0.25, 0.3) is 0 Å². The van der Waals surface area contributed by atoms with Gasteiger partial charge in [-0.15, -0.1) is 0 Å². The highest BCUT2D eigenvalue weighted by Crippen LogP contribution is 2.61. The van der Waals surface area contributed by atoms with Crippen molar-refractivity contribution in [2.24, 2.45) is 5.41 Å². The van der Waals surface area contributed by atoms with Crippen LogP contribution in [0.2, 0.25) is 0 Å². The van der Waals surface area contributed by atoms with Crippen molar-refractivity contribution in [3.63, 3.8) is 0 Å². The van der Waals surface area contributed by atoms with Crippen molar-refractivity contribution < 1.29 is 27.9 Å². The van der Waals surface area contributed by atoms with Crippen LogP contribution in [-0.4, -0.2) is 33.2 Å². The second kappa shape index (κ2) is 7.57. The van der Waals surface area contributed by atoms with E-state index in [1.54, 1.807) is 27.7 Å². The average molecular weight is 307 g/mol. The number of carbonyl (C=O) groups excluding carboxylic acids is 2. The first-order valence-electron chi connectivity index (χ1n) is 6.02. The summed E-state index contributed by atoms with van der Waals surface area (Å²) in [6.45, 7) is 6.90. The molecule has 7 nitrogen and oxygen atoms in total. The van der Waals surface area contributed by atoms with E-state index in [9.17, 15) is 14.2 Å². The zero-order valence-corrected chi connectivity index (χ0v) is 13.6. The lowest BCUT2D eigenvalue weighted by molar-refractivity contribution is -0.139. The molecule has 0 unspecified atom stereocenters. The fourth-order valence-electron chi connectivity index (χ4n) is 1.67. The number of esters is 1. The molecule has 0 aliphatic carbocycles. The Kier molecular flexibility index (Phi) is 7.13. The highest BCUT2D eigenvalue weighted by Gasteiger charge is 2.41. The molecular formula is C12H22NO6P. The third-order valence-corrected chi connectivity index (χ3v) is 4.79. The van der Waals surface area contributed by atoms with Gasteiger partial charge >= 0.3 is 13.6 Å². The lowest BCUT2D eigenvalue weighted by Gasteiger charge is -2.29. The number of ether oxygens (including phenoxy) is 1. The molecule has 1 N–H and O–H groups in total. The van der Waals surface area contributed by atoms with Gasteiger partial charge in [-0.2, -0.15) is 0 Å². The number of rotatable bonds is 7. The van der Waals surface area contributed by atoms with E-state index in [0.29, 0.717) is 6.41 Å². The molecule has 0 saturated heterocycles. The smallest absolute Gasteiger partial charge is 0.359 e. The summed E-state index contributed by atoms with van der Waals surface area (Å²) in [5.74, 6) is -0.793. The normalized spacial score (nSPS) is 13.5. The Morgan fingerprint density at radius 1 is 1.25 bits per heavy atom. The Morgan fingerprint density at radius 3 is 2.05 bits per heavy atom. The molecule has 0 aliphatic heterocycles. The van der Waals surface area contributed by atoms with Crippen LogP contribution in [0.5, 0.6) is 0 Å². The first-order valence-corrected chi connectivity index (χ1v) is 7.56. The molecule has 0 bridgehead atoms. The summed E-state index contributed by atoms with van der Waals surface area (Å²) in [6.07, 6.45) is 0.313. The Morgan fingerprint density at radius 2 is 1.75 bits per heavy atom. The zero-order valence-electron chi connectivity index (χ0n) is 12.7. The topological polar surface area (TPSA) is 90.9 Å². The fraction of sp³-hybridized carbons (Fsp3) is 0.667. The number of amides is 1. The van der Waals surface area contributed by atoms with E-state index in [4.69, 9.17) is 13.8 Å². The molecule has 20 heavy (non-hydrogen) atoms. The minimum absolute atomic E-state index is 0.0561. The van der Waals surface area contributed by atoms with Crippen molar-refractivity contribution >= 4 is 20.0 Å². The highest BCUT2D eigenvalue weighted by molar-refractivity contribution is 7.58. The molecule has 0 saturated carbocycles. The van der Waals surface area contributed by atoms with Gasteiger partial charge in [-0.1, -0.05) is 20.8 Å². The number of carbonyl (C=O) groups is 2. The Hall–Kier alpha value is -1.17. The average Bonchev–Trinajstić information content (AvgIpc) is 2.36. The molecule has 8 heteroatoms. The lowest BCUT2D eigenvalue weighted by Crippen LogP contribution is -2.28. The molecule has 0 spiro atoms. The van der Waals surface area contributed by atoms with Crippen molar-refractivity contribution in [3.8, 4) is 0 Å². The van der Waals surface area contributed by atoms with E-state index < -0.39 is 19.0 Å². The largest absolute Gasteiger partial charge is 0.461 e. The van der Waals surface area contributed by atoms with Crippen LogP contribution >= 0.6 is 7.60 Å². The summed E-state index contributed by atoms with van der Waals surface area (Å²) in [5.41, 5.74) is -0.971. The summed E-state index contributed by atoms with van der Waals surface area (Å²) in [4.78, 5) is 22.7. The molecule has 0 fully saturated rings. The van der Waals surface area contributed by atoms with Gasteiger partial charge in [-0.3, -0.25) is 9.36 Å². The number of hydrogen-bond donors (Lipinski definition) is 1. The van der Waals surface area contributed by atoms with E-state index in [1.165, 1.54) is 14.2 Å². The minimum Gasteiger partial charge on any atom is -0.461 e. The monoisotopic (exact) mass is 307 g/mol. The van der Waals surface area contributed by atoms with Crippen molar-refractivity contribution in [1.29, 1.82) is 0 Å². The zero-order chi connectivity index (χ0) is 16.0. The summed E-state index contributed by atoms with van der Waals surface area (Å²) in [6, 6.07) is 0. The molecule has 0 aliphatic rings. The predicted molar refractivity (Wildman–Crippen MR) is 73.9 cm³/mol. The van der Waals surface area contributed by atoms with Crippen LogP contribution in [0.1, 0.15) is 27.7 Å². The molecule has 0 radical (unpaired) electrons. The number of nitrogens with one attached hydrogen (secondary N) is 1. The van der Waals surface area contributed by atoms with E-state index in [1.807, 2.05) is 0 Å². The molecular weight excluding hydrogens is 285 g/mol. The summed E-state index contributed by atoms with van der Waals surface area (Å²) in [7, 11) is -1.30. The molecule has 116 valence electrons. The molecule has 0 aromatic heterocycles. The quantitative estimate of drug-likeness (QED) is 0.335. The third kappa shape index (κ3) is 4.44. The van der Waals surface area contributed by atoms with Crippen LogP contribution in [0, 0.1) is 5.41 Å². The maximum absolute atomic E-state index is 12.7. The van der Waals surface area contributed by atoms with Crippen LogP contribution in [0.15, 0.2) is 11.0 Å². The first kappa shape index (κ1) is 18.8. The fourth-order valence-corrected chi connectivity index (χ4v) is 3.43. The van der Waals surface area contributed by atoms with Gasteiger partial charge < -0.3 is 19.1 Å². The van der Waals surface area contributed by atoms with Crippen LogP contribution < -0.4 is 5.32 Å². The van der Waals surface area contributed by atoms with Crippen LogP contribution in [0.3, 0.4) is 0 Å². The lowest BCUT2D eigenvalue weighted by atomic mass is 9.94. The van der Waals surface area contributed by atoms with Crippen molar-refractivity contribution in [2.75, 3.05) is 20.8 Å². The third-order valence-electron chi connectivity index (χ3n) is 2.38. The van der Waals surface area contributed by atoms with Crippen LogP contribution in [-0.2, 0) is 27.9 Å². The van der Waals surface area contributed by atoms with Gasteiger partial charge in [0.15, 0.2) is 0 Å². The first-order chi connectivity index (χ1) is 9.17. The summed E-state index contributed by atoms with van der Waals surface area (Å²) >= 11 is 0. The van der Waals surface area contributed by atoms with Crippen molar-refractivity contribution in [3.05, 3.63) is 11.0 Å². The Balaban J connectivity index is 6.24. The predicted octanol–water partition coefficient (Wildman–Crippen LogP) is 2.04. The maximum Gasteiger partial charge on any atom is 0.359 e. The van der Waals surface area contributed by atoms with Crippen molar-refractivity contribution in [1.82, 2.24) is 5.32 Å². The molecule has 0 aromatic rings. The van der Waals surface area contributed by atoms with Gasteiger partial charge in [-0.25, -0.2) is 4.79 Å². The molecule has 1 amide bonds. The van der Waals surface area contributed by atoms with Gasteiger partial charge in [-0.05, 0) is 12.3 Å². The Bertz CT molecular complexity index is 430. The van der Waals surface area contributed by atoms with Gasteiger partial charge in [0.05, 0.1) is 11.9 Å². The van der Waals surface area contributed by atoms with Gasteiger partial charge in [0.1, 0.15) is 5.70 Å². The Labute approximate surface area is 119 Å². The number of hydrogen-bond acceptors (Lipinski definition) is 6. The molecule has 0 atom stereocenters. The number of allylic oxidation sites excluding steroid dienone is 1. The highest BCUT2D eigenvalue weighted by atomic mass is 31.2. The van der Waals surface area contributed by atoms with Gasteiger partial charge in [0, 0.05) is 14.2 Å². The molecule has 0 rings (SSSR count). The molecule has 0 aromatic carbocycles. The maximum atomic E-state index is 12.7. The second-order valence-corrected chi connectivity index (χ2v) is 6.99. The van der Waals surface area contributed by atoms with E-state index >= 15 is 0 Å². The summed E-state index contributed by atoms with van der Waals surface area (Å²) < 4.78 is 27.4. The van der Waals surface area contributed by atoms with Crippen LogP contribution in [0.4, 0.5) is 0 Å². The van der Waals surface area contributed by atoms with E-state index in [-0.39, 0.29) is 17.6 Å². The minimum atomic E-state index is -3.72. The summed E-state index contributed by atoms with van der Waals surface area (Å²) in [5, 5.41) is 2.30. The SMILES string of the molecule is CCOC(=O)/C(NC=O)=C(\C(C)(C)C)P(=O)(OC)OC. The van der Waals surface area contributed by atoms with Gasteiger partial charge in [0.2, 0.25) is 6.41 Å². The standard InChI is InChI=1S/C12H22NO6P/c1-7-19-11(15)9(13-8-14)10(12(2,3)4)20(16,17-5)18-6/h8H,7H2,1-6H3,(H,13,14)/b10-9-.